The van der Waals surface area contributed by atoms with Crippen LogP contribution in [0, 0.1) is 0 Å². The van der Waals surface area contributed by atoms with Crippen LogP contribution in [0.3, 0.4) is 0 Å². The molecule has 1 N–H and O–H groups in total. The van der Waals surface area contributed by atoms with Gasteiger partial charge in [0.15, 0.2) is 0 Å². The molecule has 3 aromatic carbocycles. The summed E-state index contributed by atoms with van der Waals surface area (Å²) in [6, 6.07) is 25.9. The summed E-state index contributed by atoms with van der Waals surface area (Å²) in [5.41, 5.74) is 5.52. The zero-order chi connectivity index (χ0) is 19.3. The van der Waals surface area contributed by atoms with E-state index in [0.29, 0.717) is 0 Å². The van der Waals surface area contributed by atoms with Gasteiger partial charge in [0.05, 0.1) is 18.3 Å². The quantitative estimate of drug-likeness (QED) is 0.347. The lowest BCUT2D eigenvalue weighted by Gasteiger charge is -2.07. The van der Waals surface area contributed by atoms with E-state index in [9.17, 15) is 4.79 Å². The third-order valence-electron chi connectivity index (χ3n) is 4.48. The van der Waals surface area contributed by atoms with E-state index in [1.54, 1.807) is 6.21 Å². The van der Waals surface area contributed by atoms with E-state index in [2.05, 4.69) is 26.5 Å². The van der Waals surface area contributed by atoms with E-state index in [1.807, 2.05) is 89.6 Å². The molecule has 4 rings (SSSR count). The zero-order valence-electron chi connectivity index (χ0n) is 15.0. The normalized spacial score (nSPS) is 11.2. The van der Waals surface area contributed by atoms with Crippen LogP contribution < -0.4 is 5.43 Å². The fourth-order valence-corrected chi connectivity index (χ4v) is 3.58. The fraction of sp³-hybridized carbons (Fsp3) is 0.0435. The highest BCUT2D eigenvalue weighted by atomic mass is 79.9. The highest BCUT2D eigenvalue weighted by molar-refractivity contribution is 9.10. The molecule has 0 atom stereocenters. The number of hydrogen-bond donors (Lipinski definition) is 1. The molecule has 4 aromatic rings. The van der Waals surface area contributed by atoms with Gasteiger partial charge < -0.3 is 4.57 Å². The number of carbonyl (C=O) groups is 1. The molecule has 0 saturated heterocycles. The Morgan fingerprint density at radius 3 is 2.71 bits per heavy atom. The number of halogens is 1. The molecular formula is C23H18BrN3O. The maximum atomic E-state index is 12.3. The average molecular weight is 432 g/mol. The largest absolute Gasteiger partial charge is 0.316 e. The summed E-state index contributed by atoms with van der Waals surface area (Å²) in [5.74, 6) is -0.145. The molecule has 28 heavy (non-hydrogen) atoms. The number of aromatic nitrogens is 1. The topological polar surface area (TPSA) is 46.4 Å². The standard InChI is InChI=1S/C23H18BrN3O/c24-19-9-4-10-20(15-19)27-13-5-11-21(27)16-25-26-23(28)14-18-8-3-7-17-6-1-2-12-22(17)18/h1-13,15-16H,14H2,(H,26,28)/b25-16-. The monoisotopic (exact) mass is 431 g/mol. The number of nitrogens with zero attached hydrogens (tertiary/aromatic N) is 2. The van der Waals surface area contributed by atoms with Gasteiger partial charge in [-0.3, -0.25) is 4.79 Å². The van der Waals surface area contributed by atoms with Crippen LogP contribution in [0.15, 0.2) is 94.6 Å². The van der Waals surface area contributed by atoms with E-state index >= 15 is 0 Å². The van der Waals surface area contributed by atoms with Crippen molar-refractivity contribution in [3.05, 3.63) is 101 Å². The average Bonchev–Trinajstić information content (AvgIpc) is 3.17. The van der Waals surface area contributed by atoms with E-state index in [0.717, 1.165) is 32.2 Å². The summed E-state index contributed by atoms with van der Waals surface area (Å²) in [5, 5.41) is 6.36. The van der Waals surface area contributed by atoms with Gasteiger partial charge in [-0.2, -0.15) is 5.10 Å². The molecule has 1 heterocycles. The highest BCUT2D eigenvalue weighted by Crippen LogP contribution is 2.19. The Morgan fingerprint density at radius 1 is 1.00 bits per heavy atom. The van der Waals surface area contributed by atoms with Crippen LogP contribution in [0.25, 0.3) is 16.5 Å². The lowest BCUT2D eigenvalue weighted by Crippen LogP contribution is -2.20. The first kappa shape index (κ1) is 18.2. The number of amides is 1. The van der Waals surface area contributed by atoms with Crippen LogP contribution in [-0.2, 0) is 11.2 Å². The Morgan fingerprint density at radius 2 is 1.82 bits per heavy atom. The predicted octanol–water partition coefficient (Wildman–Crippen LogP) is 5.09. The van der Waals surface area contributed by atoms with E-state index < -0.39 is 0 Å². The number of carbonyl (C=O) groups excluding carboxylic acids is 1. The minimum absolute atomic E-state index is 0.145. The van der Waals surface area contributed by atoms with Crippen molar-refractivity contribution in [3.8, 4) is 5.69 Å². The van der Waals surface area contributed by atoms with Gasteiger partial charge in [0.1, 0.15) is 0 Å². The van der Waals surface area contributed by atoms with Crippen molar-refractivity contribution in [2.45, 2.75) is 6.42 Å². The minimum atomic E-state index is -0.145. The Labute approximate surface area is 171 Å². The molecule has 0 fully saturated rings. The molecule has 0 aliphatic heterocycles. The van der Waals surface area contributed by atoms with Crippen LogP contribution in [0.1, 0.15) is 11.3 Å². The molecule has 0 radical (unpaired) electrons. The number of hydrazone groups is 1. The maximum absolute atomic E-state index is 12.3. The number of rotatable bonds is 5. The molecule has 0 unspecified atom stereocenters. The van der Waals surface area contributed by atoms with Crippen molar-refractivity contribution in [2.75, 3.05) is 0 Å². The Balaban J connectivity index is 1.46. The molecule has 0 spiro atoms. The molecule has 1 amide bonds. The lowest BCUT2D eigenvalue weighted by molar-refractivity contribution is -0.120. The van der Waals surface area contributed by atoms with Gasteiger partial charge in [-0.05, 0) is 46.7 Å². The summed E-state index contributed by atoms with van der Waals surface area (Å²) in [6.07, 6.45) is 3.90. The van der Waals surface area contributed by atoms with E-state index in [1.165, 1.54) is 0 Å². The van der Waals surface area contributed by atoms with Gasteiger partial charge in [-0.1, -0.05) is 64.5 Å². The molecule has 138 valence electrons. The van der Waals surface area contributed by atoms with Crippen molar-refractivity contribution in [1.82, 2.24) is 9.99 Å². The number of fused-ring (bicyclic) bond motifs is 1. The first-order chi connectivity index (χ1) is 13.7. The molecule has 0 bridgehead atoms. The van der Waals surface area contributed by atoms with Gasteiger partial charge in [-0.15, -0.1) is 0 Å². The van der Waals surface area contributed by atoms with E-state index in [-0.39, 0.29) is 12.3 Å². The molecule has 0 aliphatic rings. The molecule has 5 heteroatoms. The SMILES string of the molecule is O=C(Cc1cccc2ccccc12)N/N=C\c1cccn1-c1cccc(Br)c1. The van der Waals surface area contributed by atoms with Crippen molar-refractivity contribution in [2.24, 2.45) is 5.10 Å². The van der Waals surface area contributed by atoms with Crippen molar-refractivity contribution in [3.63, 3.8) is 0 Å². The Hall–Kier alpha value is -3.18. The molecule has 4 nitrogen and oxygen atoms in total. The minimum Gasteiger partial charge on any atom is -0.316 e. The summed E-state index contributed by atoms with van der Waals surface area (Å²) >= 11 is 3.49. The van der Waals surface area contributed by atoms with Crippen LogP contribution in [0.4, 0.5) is 0 Å². The van der Waals surface area contributed by atoms with Crippen LogP contribution in [-0.4, -0.2) is 16.7 Å². The van der Waals surface area contributed by atoms with Crippen molar-refractivity contribution < 1.29 is 4.79 Å². The number of benzene rings is 3. The maximum Gasteiger partial charge on any atom is 0.244 e. The van der Waals surface area contributed by atoms with Crippen molar-refractivity contribution in [1.29, 1.82) is 0 Å². The summed E-state index contributed by atoms with van der Waals surface area (Å²) in [7, 11) is 0. The first-order valence-corrected chi connectivity index (χ1v) is 9.72. The first-order valence-electron chi connectivity index (χ1n) is 8.92. The van der Waals surface area contributed by atoms with Crippen LogP contribution in [0.5, 0.6) is 0 Å². The summed E-state index contributed by atoms with van der Waals surface area (Å²) in [4.78, 5) is 12.3. The second-order valence-corrected chi connectivity index (χ2v) is 7.31. The number of nitrogens with one attached hydrogen (secondary N) is 1. The molecule has 1 aromatic heterocycles. The smallest absolute Gasteiger partial charge is 0.244 e. The second-order valence-electron chi connectivity index (χ2n) is 6.39. The zero-order valence-corrected chi connectivity index (χ0v) is 16.6. The summed E-state index contributed by atoms with van der Waals surface area (Å²) in [6.45, 7) is 0. The van der Waals surface area contributed by atoms with Gasteiger partial charge in [0.25, 0.3) is 0 Å². The summed E-state index contributed by atoms with van der Waals surface area (Å²) < 4.78 is 3.01. The van der Waals surface area contributed by atoms with Gasteiger partial charge >= 0.3 is 0 Å². The van der Waals surface area contributed by atoms with Crippen molar-refractivity contribution >= 4 is 38.8 Å². The van der Waals surface area contributed by atoms with E-state index in [4.69, 9.17) is 0 Å². The van der Waals surface area contributed by atoms with Gasteiger partial charge in [-0.25, -0.2) is 5.43 Å². The third-order valence-corrected chi connectivity index (χ3v) is 4.98. The fourth-order valence-electron chi connectivity index (χ4n) is 3.19. The van der Waals surface area contributed by atoms with Crippen LogP contribution >= 0.6 is 15.9 Å². The number of hydrogen-bond acceptors (Lipinski definition) is 2. The lowest BCUT2D eigenvalue weighted by atomic mass is 10.0. The highest BCUT2D eigenvalue weighted by Gasteiger charge is 2.06. The Bertz CT molecular complexity index is 1160. The molecule has 0 aliphatic carbocycles. The third kappa shape index (κ3) is 4.05. The molecular weight excluding hydrogens is 414 g/mol. The van der Waals surface area contributed by atoms with Crippen LogP contribution in [0.2, 0.25) is 0 Å². The second kappa shape index (κ2) is 8.23. The molecule has 0 saturated carbocycles. The van der Waals surface area contributed by atoms with Gasteiger partial charge in [0, 0.05) is 16.4 Å². The Kier molecular flexibility index (Phi) is 5.35. The van der Waals surface area contributed by atoms with Gasteiger partial charge in [0.2, 0.25) is 5.91 Å². The predicted molar refractivity (Wildman–Crippen MR) is 117 cm³/mol.